The summed E-state index contributed by atoms with van der Waals surface area (Å²) >= 11 is 0. The number of hydrogen-bond donors (Lipinski definition) is 4. The fourth-order valence-corrected chi connectivity index (χ4v) is 5.39. The molecule has 1 saturated heterocycles. The molecule has 4 rings (SSSR count). The first-order valence-electron chi connectivity index (χ1n) is 12.6. The van der Waals surface area contributed by atoms with E-state index >= 15 is 0 Å². The lowest BCUT2D eigenvalue weighted by atomic mass is 9.80. The maximum atomic E-state index is 12.7. The summed E-state index contributed by atoms with van der Waals surface area (Å²) in [5, 5.41) is 25.4. The van der Waals surface area contributed by atoms with Crippen molar-refractivity contribution < 1.29 is 24.6 Å². The average Bonchev–Trinajstić information content (AvgIpc) is 2.87. The van der Waals surface area contributed by atoms with Gasteiger partial charge in [-0.3, -0.25) is 4.79 Å². The van der Waals surface area contributed by atoms with Crippen LogP contribution in [-0.2, 0) is 14.4 Å². The van der Waals surface area contributed by atoms with Crippen LogP contribution in [-0.4, -0.2) is 52.6 Å². The van der Waals surface area contributed by atoms with Crippen LogP contribution in [0.2, 0.25) is 0 Å². The van der Waals surface area contributed by atoms with Crippen molar-refractivity contribution in [3.63, 3.8) is 0 Å². The number of carboxylic acids is 2. The summed E-state index contributed by atoms with van der Waals surface area (Å²) < 4.78 is 0. The molecule has 0 atom stereocenters. The van der Waals surface area contributed by atoms with Gasteiger partial charge in [-0.05, 0) is 69.0 Å². The van der Waals surface area contributed by atoms with Gasteiger partial charge < -0.3 is 25.7 Å². The predicted octanol–water partition coefficient (Wildman–Crippen LogP) is 4.30. The van der Waals surface area contributed by atoms with Gasteiger partial charge in [0.05, 0.1) is 17.1 Å². The van der Waals surface area contributed by atoms with Gasteiger partial charge in [0, 0.05) is 30.0 Å². The molecule has 194 valence electrons. The molecule has 8 nitrogen and oxygen atoms in total. The Kier molecular flexibility index (Phi) is 8.08. The van der Waals surface area contributed by atoms with Crippen LogP contribution in [0.4, 0.5) is 5.69 Å². The SMILES string of the molecule is CC1=C(C(=O)O)C(c2cccc(NC(=O)CCN3CCC(c4ccccc4)CC3)c2)C(C(=O)O)=C(C)N1. The third kappa shape index (κ3) is 6.09. The predicted molar refractivity (Wildman–Crippen MR) is 141 cm³/mol. The minimum Gasteiger partial charge on any atom is -0.478 e. The number of nitrogens with one attached hydrogen (secondary N) is 2. The smallest absolute Gasteiger partial charge is 0.334 e. The first kappa shape index (κ1) is 26.2. The van der Waals surface area contributed by atoms with Crippen molar-refractivity contribution >= 4 is 23.5 Å². The van der Waals surface area contributed by atoms with Crippen LogP contribution in [0.1, 0.15) is 56.1 Å². The zero-order chi connectivity index (χ0) is 26.5. The first-order valence-corrected chi connectivity index (χ1v) is 12.6. The number of piperidine rings is 1. The Morgan fingerprint density at radius 2 is 1.49 bits per heavy atom. The highest BCUT2D eigenvalue weighted by Crippen LogP contribution is 2.39. The highest BCUT2D eigenvalue weighted by atomic mass is 16.4. The number of dihydropyridines is 1. The molecule has 2 aliphatic heterocycles. The number of nitrogens with zero attached hydrogens (tertiary/aromatic N) is 1. The lowest BCUT2D eigenvalue weighted by Gasteiger charge is -2.32. The van der Waals surface area contributed by atoms with Gasteiger partial charge in [0.1, 0.15) is 0 Å². The summed E-state index contributed by atoms with van der Waals surface area (Å²) in [5.41, 5.74) is 3.12. The summed E-state index contributed by atoms with van der Waals surface area (Å²) in [6.45, 7) is 5.80. The second-order valence-electron chi connectivity index (χ2n) is 9.70. The van der Waals surface area contributed by atoms with E-state index in [1.54, 1.807) is 38.1 Å². The van der Waals surface area contributed by atoms with Crippen LogP contribution >= 0.6 is 0 Å². The van der Waals surface area contributed by atoms with E-state index in [2.05, 4.69) is 39.8 Å². The topological polar surface area (TPSA) is 119 Å². The Balaban J connectivity index is 1.39. The number of aliphatic carboxylic acids is 2. The molecular formula is C29H33N3O5. The van der Waals surface area contributed by atoms with Crippen LogP contribution in [0.25, 0.3) is 0 Å². The molecular weight excluding hydrogens is 470 g/mol. The van der Waals surface area contributed by atoms with Gasteiger partial charge in [-0.25, -0.2) is 9.59 Å². The Morgan fingerprint density at radius 3 is 2.08 bits per heavy atom. The molecule has 0 aliphatic carbocycles. The van der Waals surface area contributed by atoms with Crippen LogP contribution in [0.15, 0.2) is 77.1 Å². The van der Waals surface area contributed by atoms with Crippen LogP contribution in [0, 0.1) is 0 Å². The molecule has 0 radical (unpaired) electrons. The summed E-state index contributed by atoms with van der Waals surface area (Å²) in [4.78, 5) is 39.1. The minimum absolute atomic E-state index is 0.0228. The quantitative estimate of drug-likeness (QED) is 0.424. The third-order valence-electron chi connectivity index (χ3n) is 7.24. The summed E-state index contributed by atoms with van der Waals surface area (Å²) in [7, 11) is 0. The summed E-state index contributed by atoms with van der Waals surface area (Å²) in [6, 6.07) is 17.3. The molecule has 0 bridgehead atoms. The number of allylic oxidation sites excluding steroid dienone is 2. The van der Waals surface area contributed by atoms with Crippen LogP contribution in [0.3, 0.4) is 0 Å². The maximum absolute atomic E-state index is 12.7. The number of likely N-dealkylation sites (tertiary alicyclic amines) is 1. The fraction of sp³-hybridized carbons (Fsp3) is 0.345. The molecule has 0 aromatic heterocycles. The molecule has 0 saturated carbocycles. The van der Waals surface area contributed by atoms with Crippen molar-refractivity contribution in [3.8, 4) is 0 Å². The second kappa shape index (κ2) is 11.4. The first-order chi connectivity index (χ1) is 17.7. The zero-order valence-corrected chi connectivity index (χ0v) is 21.2. The van der Waals surface area contributed by atoms with E-state index in [1.807, 2.05) is 6.07 Å². The number of anilines is 1. The molecule has 2 aromatic carbocycles. The lowest BCUT2D eigenvalue weighted by Crippen LogP contribution is -2.35. The van der Waals surface area contributed by atoms with Crippen molar-refractivity contribution in [1.82, 2.24) is 10.2 Å². The van der Waals surface area contributed by atoms with Crippen molar-refractivity contribution in [2.75, 3.05) is 25.0 Å². The number of amides is 1. The van der Waals surface area contributed by atoms with Crippen LogP contribution < -0.4 is 10.6 Å². The van der Waals surface area contributed by atoms with Crippen molar-refractivity contribution in [2.24, 2.45) is 0 Å². The highest BCUT2D eigenvalue weighted by Gasteiger charge is 2.36. The molecule has 1 amide bonds. The number of carbonyl (C=O) groups is 3. The molecule has 0 spiro atoms. The Labute approximate surface area is 216 Å². The number of benzene rings is 2. The molecule has 2 heterocycles. The van der Waals surface area contributed by atoms with Crippen molar-refractivity contribution in [1.29, 1.82) is 0 Å². The van der Waals surface area contributed by atoms with E-state index in [9.17, 15) is 24.6 Å². The van der Waals surface area contributed by atoms with Crippen molar-refractivity contribution in [2.45, 2.75) is 44.9 Å². The van der Waals surface area contributed by atoms with Gasteiger partial charge in [-0.2, -0.15) is 0 Å². The largest absolute Gasteiger partial charge is 0.478 e. The van der Waals surface area contributed by atoms with E-state index in [1.165, 1.54) is 5.56 Å². The molecule has 0 unspecified atom stereocenters. The normalized spacial score (nSPS) is 17.5. The fourth-order valence-electron chi connectivity index (χ4n) is 5.39. The highest BCUT2D eigenvalue weighted by molar-refractivity contribution is 5.98. The number of carboxylic acid groups (broad SMARTS) is 2. The zero-order valence-electron chi connectivity index (χ0n) is 21.2. The van der Waals surface area contributed by atoms with Gasteiger partial charge in [-0.15, -0.1) is 0 Å². The summed E-state index contributed by atoms with van der Waals surface area (Å²) in [5.74, 6) is -2.91. The van der Waals surface area contributed by atoms with Crippen molar-refractivity contribution in [3.05, 3.63) is 88.3 Å². The van der Waals surface area contributed by atoms with Gasteiger partial charge in [0.15, 0.2) is 0 Å². The number of rotatable bonds is 8. The molecule has 2 aliphatic rings. The summed E-state index contributed by atoms with van der Waals surface area (Å²) in [6.07, 6.45) is 2.48. The van der Waals surface area contributed by atoms with E-state index < -0.39 is 17.9 Å². The molecule has 2 aromatic rings. The second-order valence-corrected chi connectivity index (χ2v) is 9.70. The van der Waals surface area contributed by atoms with E-state index in [0.29, 0.717) is 41.5 Å². The van der Waals surface area contributed by atoms with E-state index in [-0.39, 0.29) is 17.1 Å². The Bertz CT molecular complexity index is 1210. The Hall–Kier alpha value is -3.91. The van der Waals surface area contributed by atoms with Gasteiger partial charge in [0.2, 0.25) is 5.91 Å². The maximum Gasteiger partial charge on any atom is 0.334 e. The minimum atomic E-state index is -1.19. The van der Waals surface area contributed by atoms with E-state index in [4.69, 9.17) is 0 Å². The lowest BCUT2D eigenvalue weighted by molar-refractivity contribution is -0.133. The molecule has 4 N–H and O–H groups in total. The Morgan fingerprint density at radius 1 is 0.892 bits per heavy atom. The number of hydrogen-bond acceptors (Lipinski definition) is 5. The standard InChI is InChI=1S/C29H33N3O5/c1-18-25(28(34)35)27(26(29(36)37)19(2)30-18)22-9-6-10-23(17-22)31-24(33)13-16-32-14-11-21(12-15-32)20-7-4-3-5-8-20/h3-10,17,21,27,30H,11-16H2,1-2H3,(H,31,33)(H,34,35)(H,36,37). The van der Waals surface area contributed by atoms with Crippen LogP contribution in [0.5, 0.6) is 0 Å². The molecule has 37 heavy (non-hydrogen) atoms. The number of carbonyl (C=O) groups excluding carboxylic acids is 1. The van der Waals surface area contributed by atoms with Gasteiger partial charge in [0.25, 0.3) is 0 Å². The van der Waals surface area contributed by atoms with Gasteiger partial charge >= 0.3 is 11.9 Å². The molecule has 8 heteroatoms. The van der Waals surface area contributed by atoms with Gasteiger partial charge in [-0.1, -0.05) is 42.5 Å². The third-order valence-corrected chi connectivity index (χ3v) is 7.24. The van der Waals surface area contributed by atoms with E-state index in [0.717, 1.165) is 25.9 Å². The average molecular weight is 504 g/mol. The molecule has 1 fully saturated rings. The monoisotopic (exact) mass is 503 g/mol.